The van der Waals surface area contributed by atoms with Crippen LogP contribution in [0.2, 0.25) is 0 Å². The molecule has 24 heavy (non-hydrogen) atoms. The molecule has 1 unspecified atom stereocenters. The molecule has 2 heterocycles. The van der Waals surface area contributed by atoms with Crippen LogP contribution in [0.3, 0.4) is 0 Å². The summed E-state index contributed by atoms with van der Waals surface area (Å²) >= 11 is 6.24. The normalized spacial score (nSPS) is 24.8. The lowest BCUT2D eigenvalue weighted by molar-refractivity contribution is -0.385. The Bertz CT molecular complexity index is 878. The number of para-hydroxylation sites is 1. The molecular weight excluding hydrogens is 372 g/mol. The van der Waals surface area contributed by atoms with Crippen molar-refractivity contribution < 1.29 is 18.1 Å². The van der Waals surface area contributed by atoms with Gasteiger partial charge in [-0.2, -0.15) is 0 Å². The molecule has 2 aliphatic heterocycles. The second kappa shape index (κ2) is 6.26. The summed E-state index contributed by atoms with van der Waals surface area (Å²) in [7, 11) is -3.15. The number of thioether (sulfide) groups is 1. The third-order valence-corrected chi connectivity index (χ3v) is 6.90. The minimum atomic E-state index is -3.15. The van der Waals surface area contributed by atoms with Gasteiger partial charge in [0.15, 0.2) is 9.84 Å². The van der Waals surface area contributed by atoms with Gasteiger partial charge < -0.3 is 0 Å². The lowest BCUT2D eigenvalue weighted by Gasteiger charge is -2.20. The van der Waals surface area contributed by atoms with Gasteiger partial charge in [0.05, 0.1) is 32.9 Å². The van der Waals surface area contributed by atoms with Gasteiger partial charge in [0.2, 0.25) is 0 Å². The van der Waals surface area contributed by atoms with E-state index in [4.69, 9.17) is 12.2 Å². The Kier molecular flexibility index (Phi) is 4.45. The Balaban J connectivity index is 1.91. The first-order valence-corrected chi connectivity index (χ1v) is 10.0. The molecule has 1 amide bonds. The molecular formula is C14H12N2O5S3. The van der Waals surface area contributed by atoms with E-state index in [0.29, 0.717) is 12.0 Å². The van der Waals surface area contributed by atoms with E-state index in [0.717, 1.165) is 11.8 Å². The zero-order valence-corrected chi connectivity index (χ0v) is 14.7. The van der Waals surface area contributed by atoms with Gasteiger partial charge in [0.25, 0.3) is 11.6 Å². The Morgan fingerprint density at radius 1 is 1.38 bits per heavy atom. The van der Waals surface area contributed by atoms with Crippen LogP contribution < -0.4 is 0 Å². The maximum atomic E-state index is 12.6. The lowest BCUT2D eigenvalue weighted by atomic mass is 10.1. The minimum Gasteiger partial charge on any atom is -0.289 e. The molecule has 3 rings (SSSR count). The van der Waals surface area contributed by atoms with Crippen LogP contribution in [0.25, 0.3) is 6.08 Å². The number of amides is 1. The first kappa shape index (κ1) is 17.1. The van der Waals surface area contributed by atoms with E-state index in [1.807, 2.05) is 0 Å². The van der Waals surface area contributed by atoms with Crippen molar-refractivity contribution in [2.75, 3.05) is 11.5 Å². The molecule has 1 aromatic rings. The molecule has 0 aliphatic carbocycles. The number of nitro benzene ring substituents is 1. The molecule has 126 valence electrons. The highest BCUT2D eigenvalue weighted by molar-refractivity contribution is 8.26. The molecule has 0 bridgehead atoms. The van der Waals surface area contributed by atoms with Gasteiger partial charge >= 0.3 is 0 Å². The Morgan fingerprint density at radius 3 is 2.71 bits per heavy atom. The van der Waals surface area contributed by atoms with Gasteiger partial charge in [-0.15, -0.1) is 0 Å². The van der Waals surface area contributed by atoms with Crippen LogP contribution in [0.1, 0.15) is 12.0 Å². The SMILES string of the molecule is O=C1C(=Cc2ccccc2[N+](=O)[O-])SC(=S)N1C1CCS(=O)(=O)C1. The predicted octanol–water partition coefficient (Wildman–Crippen LogP) is 1.98. The number of hydrogen-bond donors (Lipinski definition) is 0. The highest BCUT2D eigenvalue weighted by atomic mass is 32.2. The number of sulfone groups is 1. The third-order valence-electron chi connectivity index (χ3n) is 3.82. The van der Waals surface area contributed by atoms with E-state index in [1.54, 1.807) is 18.2 Å². The van der Waals surface area contributed by atoms with E-state index in [-0.39, 0.29) is 26.4 Å². The molecule has 10 heteroatoms. The van der Waals surface area contributed by atoms with Crippen molar-refractivity contribution in [3.05, 3.63) is 44.8 Å². The zero-order valence-electron chi connectivity index (χ0n) is 12.2. The van der Waals surface area contributed by atoms with E-state index >= 15 is 0 Å². The number of carbonyl (C=O) groups excluding carboxylic acids is 1. The molecule has 7 nitrogen and oxygen atoms in total. The topological polar surface area (TPSA) is 97.6 Å². The quantitative estimate of drug-likeness (QED) is 0.340. The van der Waals surface area contributed by atoms with Gasteiger partial charge in [-0.05, 0) is 18.6 Å². The smallest absolute Gasteiger partial charge is 0.276 e. The summed E-state index contributed by atoms with van der Waals surface area (Å²) in [6.45, 7) is 0. The highest BCUT2D eigenvalue weighted by Crippen LogP contribution is 2.37. The monoisotopic (exact) mass is 384 g/mol. The fraction of sp³-hybridized carbons (Fsp3) is 0.286. The highest BCUT2D eigenvalue weighted by Gasteiger charge is 2.42. The van der Waals surface area contributed by atoms with Gasteiger partial charge in [-0.1, -0.05) is 36.1 Å². The summed E-state index contributed by atoms with van der Waals surface area (Å²) in [5.41, 5.74) is 0.202. The Morgan fingerprint density at radius 2 is 2.08 bits per heavy atom. The summed E-state index contributed by atoms with van der Waals surface area (Å²) in [4.78, 5) is 24.7. The van der Waals surface area contributed by atoms with Crippen LogP contribution in [0.4, 0.5) is 5.69 Å². The van der Waals surface area contributed by atoms with Crippen LogP contribution >= 0.6 is 24.0 Å². The molecule has 0 saturated carbocycles. The second-order valence-electron chi connectivity index (χ2n) is 5.42. The van der Waals surface area contributed by atoms with Crippen molar-refractivity contribution in [2.24, 2.45) is 0 Å². The van der Waals surface area contributed by atoms with Crippen LogP contribution in [0, 0.1) is 10.1 Å². The first-order chi connectivity index (χ1) is 11.3. The number of nitrogens with zero attached hydrogens (tertiary/aromatic N) is 2. The van der Waals surface area contributed by atoms with Gasteiger partial charge in [-0.25, -0.2) is 8.42 Å². The van der Waals surface area contributed by atoms with Gasteiger partial charge in [0, 0.05) is 6.07 Å². The molecule has 0 aromatic heterocycles. The standard InChI is InChI=1S/C14H12N2O5S3/c17-13-12(7-9-3-1-2-4-11(9)16(18)19)23-14(22)15(13)10-5-6-24(20,21)8-10/h1-4,7,10H,5-6,8H2. The van der Waals surface area contributed by atoms with Crippen molar-refractivity contribution in [1.29, 1.82) is 0 Å². The predicted molar refractivity (Wildman–Crippen MR) is 95.2 cm³/mol. The second-order valence-corrected chi connectivity index (χ2v) is 9.33. The van der Waals surface area contributed by atoms with E-state index in [1.165, 1.54) is 17.0 Å². The summed E-state index contributed by atoms with van der Waals surface area (Å²) in [5, 5.41) is 11.1. The molecule has 1 atom stereocenters. The van der Waals surface area contributed by atoms with Crippen LogP contribution in [-0.4, -0.2) is 46.0 Å². The third kappa shape index (κ3) is 3.21. The summed E-state index contributed by atoms with van der Waals surface area (Å²) in [5.74, 6) is -0.457. The van der Waals surface area contributed by atoms with Gasteiger partial charge in [0.1, 0.15) is 4.32 Å². The van der Waals surface area contributed by atoms with Crippen molar-refractivity contribution in [1.82, 2.24) is 4.90 Å². The fourth-order valence-electron chi connectivity index (χ4n) is 2.69. The first-order valence-electron chi connectivity index (χ1n) is 6.99. The van der Waals surface area contributed by atoms with Crippen LogP contribution in [-0.2, 0) is 14.6 Å². The minimum absolute atomic E-state index is 0.0396. The Labute approximate surface area is 147 Å². The van der Waals surface area contributed by atoms with Crippen molar-refractivity contribution in [3.8, 4) is 0 Å². The molecule has 2 fully saturated rings. The largest absolute Gasteiger partial charge is 0.289 e. The van der Waals surface area contributed by atoms with Crippen molar-refractivity contribution in [3.63, 3.8) is 0 Å². The summed E-state index contributed by atoms with van der Waals surface area (Å²) in [6, 6.07) is 5.63. The average molecular weight is 384 g/mol. The molecule has 0 N–H and O–H groups in total. The summed E-state index contributed by atoms with van der Waals surface area (Å²) in [6.07, 6.45) is 1.79. The number of thiocarbonyl (C=S) groups is 1. The van der Waals surface area contributed by atoms with E-state index in [9.17, 15) is 23.3 Å². The average Bonchev–Trinajstić information content (AvgIpc) is 2.99. The molecule has 2 saturated heterocycles. The number of rotatable bonds is 3. The molecule has 1 aromatic carbocycles. The number of benzene rings is 1. The zero-order chi connectivity index (χ0) is 17.5. The maximum absolute atomic E-state index is 12.6. The molecule has 2 aliphatic rings. The number of carbonyl (C=O) groups is 1. The lowest BCUT2D eigenvalue weighted by Crippen LogP contribution is -2.39. The molecule has 0 radical (unpaired) electrons. The molecule has 0 spiro atoms. The Hall–Kier alpha value is -1.78. The number of nitro groups is 1. The maximum Gasteiger partial charge on any atom is 0.276 e. The summed E-state index contributed by atoms with van der Waals surface area (Å²) < 4.78 is 23.5. The van der Waals surface area contributed by atoms with Crippen LogP contribution in [0.5, 0.6) is 0 Å². The fourth-order valence-corrected chi connectivity index (χ4v) is 5.78. The number of hydrogen-bond acceptors (Lipinski definition) is 7. The van der Waals surface area contributed by atoms with E-state index < -0.39 is 26.7 Å². The van der Waals surface area contributed by atoms with E-state index in [2.05, 4.69) is 0 Å². The van der Waals surface area contributed by atoms with Crippen molar-refractivity contribution >= 4 is 55.8 Å². The van der Waals surface area contributed by atoms with Crippen molar-refractivity contribution in [2.45, 2.75) is 12.5 Å². The van der Waals surface area contributed by atoms with Gasteiger partial charge in [-0.3, -0.25) is 19.8 Å². The van der Waals surface area contributed by atoms with Crippen LogP contribution in [0.15, 0.2) is 29.2 Å².